The summed E-state index contributed by atoms with van der Waals surface area (Å²) < 4.78 is 5.76. The smallest absolute Gasteiger partial charge is 0.115 e. The average molecular weight is 228 g/mol. The molecule has 0 fully saturated rings. The first-order chi connectivity index (χ1) is 8.40. The molecule has 1 aliphatic rings. The molecule has 0 aliphatic heterocycles. The second kappa shape index (κ2) is 6.29. The quantitative estimate of drug-likeness (QED) is 0.671. The number of rotatable bonds is 5. The van der Waals surface area contributed by atoms with E-state index in [-0.39, 0.29) is 0 Å². The van der Waals surface area contributed by atoms with E-state index < -0.39 is 0 Å². The van der Waals surface area contributed by atoms with Gasteiger partial charge in [-0.25, -0.2) is 0 Å². The summed E-state index contributed by atoms with van der Waals surface area (Å²) in [5.41, 5.74) is 2.71. The van der Waals surface area contributed by atoms with Gasteiger partial charge >= 0.3 is 0 Å². The maximum atomic E-state index is 5.76. The SMILES string of the molecule is CCCCOC1=CCCC(c2ccccc2)=C1. The van der Waals surface area contributed by atoms with Crippen molar-refractivity contribution < 1.29 is 4.74 Å². The van der Waals surface area contributed by atoms with E-state index in [1.54, 1.807) is 0 Å². The molecule has 0 aromatic heterocycles. The summed E-state index contributed by atoms with van der Waals surface area (Å²) in [4.78, 5) is 0. The molecule has 0 amide bonds. The van der Waals surface area contributed by atoms with Crippen molar-refractivity contribution in [2.45, 2.75) is 32.6 Å². The molecule has 1 aliphatic carbocycles. The van der Waals surface area contributed by atoms with Crippen molar-refractivity contribution in [3.63, 3.8) is 0 Å². The Bertz CT molecular complexity index is 401. The topological polar surface area (TPSA) is 9.23 Å². The van der Waals surface area contributed by atoms with Gasteiger partial charge in [0, 0.05) is 0 Å². The van der Waals surface area contributed by atoms with Gasteiger partial charge in [0.1, 0.15) is 5.76 Å². The Morgan fingerprint density at radius 3 is 2.76 bits per heavy atom. The van der Waals surface area contributed by atoms with Gasteiger partial charge in [-0.05, 0) is 42.6 Å². The van der Waals surface area contributed by atoms with E-state index in [9.17, 15) is 0 Å². The standard InChI is InChI=1S/C16H20O/c1-2-3-12-17-16-11-7-10-15(13-16)14-8-5-4-6-9-14/h4-6,8-9,11,13H,2-3,7,10,12H2,1H3. The van der Waals surface area contributed by atoms with Gasteiger partial charge in [-0.1, -0.05) is 43.7 Å². The lowest BCUT2D eigenvalue weighted by molar-refractivity contribution is 0.217. The molecule has 1 nitrogen and oxygen atoms in total. The lowest BCUT2D eigenvalue weighted by Gasteiger charge is -2.15. The highest BCUT2D eigenvalue weighted by Gasteiger charge is 2.07. The van der Waals surface area contributed by atoms with Gasteiger partial charge < -0.3 is 4.74 Å². The van der Waals surface area contributed by atoms with Crippen LogP contribution in [0.25, 0.3) is 5.57 Å². The van der Waals surface area contributed by atoms with E-state index in [4.69, 9.17) is 4.74 Å². The van der Waals surface area contributed by atoms with Crippen LogP contribution in [0.3, 0.4) is 0 Å². The first kappa shape index (κ1) is 12.0. The summed E-state index contributed by atoms with van der Waals surface area (Å²) in [5, 5.41) is 0. The number of hydrogen-bond acceptors (Lipinski definition) is 1. The Labute approximate surface area is 104 Å². The van der Waals surface area contributed by atoms with Crippen LogP contribution in [0, 0.1) is 0 Å². The minimum absolute atomic E-state index is 0.834. The molecule has 0 spiro atoms. The molecule has 0 N–H and O–H groups in total. The van der Waals surface area contributed by atoms with Crippen molar-refractivity contribution in [3.8, 4) is 0 Å². The van der Waals surface area contributed by atoms with Crippen LogP contribution in [0.15, 0.2) is 48.2 Å². The average Bonchev–Trinajstić information content (AvgIpc) is 2.41. The molecular formula is C16H20O. The normalized spacial score (nSPS) is 15.1. The fourth-order valence-electron chi connectivity index (χ4n) is 1.99. The maximum Gasteiger partial charge on any atom is 0.115 e. The Morgan fingerprint density at radius 1 is 1.18 bits per heavy atom. The van der Waals surface area contributed by atoms with Crippen LogP contribution < -0.4 is 0 Å². The van der Waals surface area contributed by atoms with Gasteiger partial charge in [-0.3, -0.25) is 0 Å². The zero-order valence-corrected chi connectivity index (χ0v) is 10.5. The highest BCUT2D eigenvalue weighted by molar-refractivity contribution is 5.68. The summed E-state index contributed by atoms with van der Waals surface area (Å²) in [6.45, 7) is 3.02. The molecule has 1 aromatic rings. The zero-order valence-electron chi connectivity index (χ0n) is 10.5. The minimum atomic E-state index is 0.834. The summed E-state index contributed by atoms with van der Waals surface area (Å²) in [5.74, 6) is 1.04. The van der Waals surface area contributed by atoms with Crippen molar-refractivity contribution in [3.05, 3.63) is 53.8 Å². The molecule has 2 rings (SSSR count). The largest absolute Gasteiger partial charge is 0.494 e. The summed E-state index contributed by atoms with van der Waals surface area (Å²) in [6.07, 6.45) is 8.90. The Balaban J connectivity index is 2.02. The molecule has 0 saturated carbocycles. The van der Waals surface area contributed by atoms with E-state index >= 15 is 0 Å². The van der Waals surface area contributed by atoms with E-state index in [0.717, 1.165) is 31.6 Å². The van der Waals surface area contributed by atoms with Crippen molar-refractivity contribution in [1.82, 2.24) is 0 Å². The predicted octanol–water partition coefficient (Wildman–Crippen LogP) is 4.56. The summed E-state index contributed by atoms with van der Waals surface area (Å²) in [6, 6.07) is 10.6. The third-order valence-electron chi connectivity index (χ3n) is 2.99. The van der Waals surface area contributed by atoms with E-state index in [2.05, 4.69) is 49.4 Å². The number of allylic oxidation sites excluding steroid dienone is 3. The summed E-state index contributed by atoms with van der Waals surface area (Å²) >= 11 is 0. The molecule has 0 unspecified atom stereocenters. The van der Waals surface area contributed by atoms with Gasteiger partial charge in [0.2, 0.25) is 0 Å². The van der Waals surface area contributed by atoms with E-state index in [1.165, 1.54) is 17.6 Å². The predicted molar refractivity (Wildman–Crippen MR) is 72.6 cm³/mol. The molecule has 1 heteroatoms. The number of hydrogen-bond donors (Lipinski definition) is 0. The van der Waals surface area contributed by atoms with Gasteiger partial charge in [-0.2, -0.15) is 0 Å². The Kier molecular flexibility index (Phi) is 4.43. The molecule has 1 aromatic carbocycles. The zero-order chi connectivity index (χ0) is 11.9. The lowest BCUT2D eigenvalue weighted by Crippen LogP contribution is -1.98. The third kappa shape index (κ3) is 3.48. The second-order valence-corrected chi connectivity index (χ2v) is 4.38. The maximum absolute atomic E-state index is 5.76. The van der Waals surface area contributed by atoms with Crippen molar-refractivity contribution in [1.29, 1.82) is 0 Å². The molecule has 0 saturated heterocycles. The molecule has 0 atom stereocenters. The fraction of sp³-hybridized carbons (Fsp3) is 0.375. The van der Waals surface area contributed by atoms with Gasteiger partial charge in [0.05, 0.1) is 6.61 Å². The monoisotopic (exact) mass is 228 g/mol. The van der Waals surface area contributed by atoms with Gasteiger partial charge in [0.25, 0.3) is 0 Å². The minimum Gasteiger partial charge on any atom is -0.494 e. The van der Waals surface area contributed by atoms with Crippen LogP contribution in [0.2, 0.25) is 0 Å². The van der Waals surface area contributed by atoms with Crippen molar-refractivity contribution in [2.75, 3.05) is 6.61 Å². The third-order valence-corrected chi connectivity index (χ3v) is 2.99. The summed E-state index contributed by atoms with van der Waals surface area (Å²) in [7, 11) is 0. The van der Waals surface area contributed by atoms with Crippen LogP contribution in [-0.4, -0.2) is 6.61 Å². The highest BCUT2D eigenvalue weighted by Crippen LogP contribution is 2.26. The highest BCUT2D eigenvalue weighted by atomic mass is 16.5. The van der Waals surface area contributed by atoms with E-state index in [1.807, 2.05) is 0 Å². The Hall–Kier alpha value is -1.50. The fourth-order valence-corrected chi connectivity index (χ4v) is 1.99. The first-order valence-corrected chi connectivity index (χ1v) is 6.49. The molecular weight excluding hydrogens is 208 g/mol. The van der Waals surface area contributed by atoms with Crippen LogP contribution in [0.5, 0.6) is 0 Å². The van der Waals surface area contributed by atoms with Crippen LogP contribution in [-0.2, 0) is 4.74 Å². The van der Waals surface area contributed by atoms with Crippen molar-refractivity contribution >= 4 is 5.57 Å². The van der Waals surface area contributed by atoms with Crippen LogP contribution in [0.4, 0.5) is 0 Å². The number of unbranched alkanes of at least 4 members (excludes halogenated alkanes) is 1. The molecule has 0 bridgehead atoms. The molecule has 90 valence electrons. The van der Waals surface area contributed by atoms with Gasteiger partial charge in [-0.15, -0.1) is 0 Å². The van der Waals surface area contributed by atoms with Crippen LogP contribution >= 0.6 is 0 Å². The van der Waals surface area contributed by atoms with Crippen molar-refractivity contribution in [2.24, 2.45) is 0 Å². The molecule has 0 radical (unpaired) electrons. The number of benzene rings is 1. The lowest BCUT2D eigenvalue weighted by atomic mass is 9.97. The Morgan fingerprint density at radius 2 is 2.00 bits per heavy atom. The molecule has 17 heavy (non-hydrogen) atoms. The van der Waals surface area contributed by atoms with Crippen LogP contribution in [0.1, 0.15) is 38.2 Å². The van der Waals surface area contributed by atoms with E-state index in [0.29, 0.717) is 0 Å². The number of ether oxygens (including phenoxy) is 1. The second-order valence-electron chi connectivity index (χ2n) is 4.38. The molecule has 0 heterocycles. The first-order valence-electron chi connectivity index (χ1n) is 6.49. The van der Waals surface area contributed by atoms with Gasteiger partial charge in [0.15, 0.2) is 0 Å².